The van der Waals surface area contributed by atoms with Crippen LogP contribution in [0.15, 0.2) is 18.2 Å². The number of halogens is 1. The van der Waals surface area contributed by atoms with E-state index in [1.807, 2.05) is 12.1 Å². The van der Waals surface area contributed by atoms with Crippen LogP contribution in [-0.4, -0.2) is 22.8 Å². The van der Waals surface area contributed by atoms with Crippen LogP contribution in [-0.2, 0) is 11.2 Å². The number of imidazole rings is 1. The Morgan fingerprint density at radius 2 is 2.40 bits per heavy atom. The van der Waals surface area contributed by atoms with Crippen LogP contribution in [0.25, 0.3) is 5.52 Å². The van der Waals surface area contributed by atoms with Crippen molar-refractivity contribution in [3.63, 3.8) is 0 Å². The summed E-state index contributed by atoms with van der Waals surface area (Å²) in [6.45, 7) is 0. The normalized spacial score (nSPS) is 10.5. The first-order valence-corrected chi connectivity index (χ1v) is 4.79. The number of rotatable bonds is 3. The maximum Gasteiger partial charge on any atom is 0.199 e. The van der Waals surface area contributed by atoms with Gasteiger partial charge >= 0.3 is 0 Å². The molecule has 0 bridgehead atoms. The number of nitrogens with zero attached hydrogens (tertiary/aromatic N) is 2. The summed E-state index contributed by atoms with van der Waals surface area (Å²) in [5, 5.41) is 0.380. The lowest BCUT2D eigenvalue weighted by Crippen LogP contribution is -1.99. The van der Waals surface area contributed by atoms with Gasteiger partial charge in [0, 0.05) is 0 Å². The third kappa shape index (κ3) is 1.57. The summed E-state index contributed by atoms with van der Waals surface area (Å²) in [4.78, 5) is 14.6. The molecule has 0 aliphatic rings. The summed E-state index contributed by atoms with van der Waals surface area (Å²) in [5.74, 6) is 1.20. The van der Waals surface area contributed by atoms with Gasteiger partial charge in [-0.15, -0.1) is 0 Å². The van der Waals surface area contributed by atoms with Crippen molar-refractivity contribution >= 4 is 23.4 Å². The Bertz CT molecular complexity index is 507. The molecule has 0 saturated heterocycles. The van der Waals surface area contributed by atoms with Crippen molar-refractivity contribution < 1.29 is 9.53 Å². The van der Waals surface area contributed by atoms with Gasteiger partial charge < -0.3 is 9.53 Å². The number of fused-ring (bicyclic) bond motifs is 1. The second-order valence-corrected chi connectivity index (χ2v) is 3.34. The smallest absolute Gasteiger partial charge is 0.199 e. The molecule has 0 N–H and O–H groups in total. The topological polar surface area (TPSA) is 43.6 Å². The minimum absolute atomic E-state index is 0.217. The van der Waals surface area contributed by atoms with Gasteiger partial charge in [0.25, 0.3) is 0 Å². The predicted octanol–water partition coefficient (Wildman–Crippen LogP) is 1.74. The minimum Gasteiger partial charge on any atom is -0.482 e. The van der Waals surface area contributed by atoms with Crippen molar-refractivity contribution in [1.82, 2.24) is 9.38 Å². The minimum atomic E-state index is 0.217. The standard InChI is InChI=1S/C10H9ClN2O2/c1-15-9-4-2-3-7-10(11)12-8(5-6-14)13(7)9/h2-4,6H,5H2,1H3. The van der Waals surface area contributed by atoms with Crippen molar-refractivity contribution in [1.29, 1.82) is 0 Å². The van der Waals surface area contributed by atoms with Gasteiger partial charge in [-0.1, -0.05) is 17.7 Å². The zero-order valence-electron chi connectivity index (χ0n) is 8.11. The quantitative estimate of drug-likeness (QED) is 0.746. The molecule has 0 amide bonds. The van der Waals surface area contributed by atoms with Crippen LogP contribution in [0, 0.1) is 0 Å². The zero-order valence-corrected chi connectivity index (χ0v) is 8.86. The molecule has 2 rings (SSSR count). The number of hydrogen-bond acceptors (Lipinski definition) is 3. The second-order valence-electron chi connectivity index (χ2n) is 2.98. The summed E-state index contributed by atoms with van der Waals surface area (Å²) in [7, 11) is 1.56. The molecule has 78 valence electrons. The van der Waals surface area contributed by atoms with Gasteiger partial charge in [0.1, 0.15) is 12.1 Å². The molecule has 0 saturated carbocycles. The number of pyridine rings is 1. The molecule has 0 fully saturated rings. The first kappa shape index (κ1) is 9.98. The van der Waals surface area contributed by atoms with E-state index < -0.39 is 0 Å². The number of carbonyl (C=O) groups excluding carboxylic acids is 1. The average molecular weight is 225 g/mol. The van der Waals surface area contributed by atoms with E-state index >= 15 is 0 Å². The van der Waals surface area contributed by atoms with Crippen LogP contribution in [0.1, 0.15) is 5.82 Å². The highest BCUT2D eigenvalue weighted by Gasteiger charge is 2.11. The molecule has 5 heteroatoms. The molecular weight excluding hydrogens is 216 g/mol. The van der Waals surface area contributed by atoms with Gasteiger partial charge in [-0.05, 0) is 12.1 Å². The first-order chi connectivity index (χ1) is 7.27. The summed E-state index contributed by atoms with van der Waals surface area (Å²) in [6, 6.07) is 5.44. The van der Waals surface area contributed by atoms with Crippen molar-refractivity contribution in [3.8, 4) is 5.88 Å². The van der Waals surface area contributed by atoms with E-state index in [-0.39, 0.29) is 6.42 Å². The Morgan fingerprint density at radius 3 is 3.07 bits per heavy atom. The van der Waals surface area contributed by atoms with Crippen molar-refractivity contribution in [2.45, 2.75) is 6.42 Å². The Kier molecular flexibility index (Phi) is 2.60. The molecule has 2 heterocycles. The van der Waals surface area contributed by atoms with Crippen molar-refractivity contribution in [2.24, 2.45) is 0 Å². The third-order valence-electron chi connectivity index (χ3n) is 2.13. The number of aldehydes is 1. The van der Waals surface area contributed by atoms with Gasteiger partial charge in [0.2, 0.25) is 0 Å². The largest absolute Gasteiger partial charge is 0.482 e. The molecule has 15 heavy (non-hydrogen) atoms. The summed E-state index contributed by atoms with van der Waals surface area (Å²) < 4.78 is 6.91. The highest BCUT2D eigenvalue weighted by Crippen LogP contribution is 2.23. The molecule has 0 aliphatic carbocycles. The van der Waals surface area contributed by atoms with Gasteiger partial charge in [0.15, 0.2) is 11.0 Å². The fourth-order valence-electron chi connectivity index (χ4n) is 1.51. The van der Waals surface area contributed by atoms with E-state index in [1.54, 1.807) is 17.6 Å². The highest BCUT2D eigenvalue weighted by atomic mass is 35.5. The predicted molar refractivity (Wildman–Crippen MR) is 56.5 cm³/mol. The number of carbonyl (C=O) groups is 1. The molecule has 0 spiro atoms. The molecule has 0 aliphatic heterocycles. The lowest BCUT2D eigenvalue weighted by Gasteiger charge is -2.05. The van der Waals surface area contributed by atoms with Crippen LogP contribution in [0.5, 0.6) is 5.88 Å². The molecule has 4 nitrogen and oxygen atoms in total. The third-order valence-corrected chi connectivity index (χ3v) is 2.40. The van der Waals surface area contributed by atoms with E-state index in [9.17, 15) is 4.79 Å². The summed E-state index contributed by atoms with van der Waals surface area (Å²) >= 11 is 5.94. The lowest BCUT2D eigenvalue weighted by molar-refractivity contribution is -0.107. The maximum absolute atomic E-state index is 10.5. The maximum atomic E-state index is 10.5. The number of ether oxygens (including phenoxy) is 1. The SMILES string of the molecule is COc1cccc2c(Cl)nc(CC=O)n12. The lowest BCUT2D eigenvalue weighted by atomic mass is 10.4. The summed E-state index contributed by atoms with van der Waals surface area (Å²) in [6.07, 6.45) is 1.01. The molecule has 2 aromatic heterocycles. The first-order valence-electron chi connectivity index (χ1n) is 4.41. The van der Waals surface area contributed by atoms with E-state index in [1.165, 1.54) is 0 Å². The van der Waals surface area contributed by atoms with Crippen LogP contribution in [0.2, 0.25) is 5.15 Å². The molecule has 0 unspecified atom stereocenters. The second kappa shape index (κ2) is 3.90. The van der Waals surface area contributed by atoms with Gasteiger partial charge in [0.05, 0.1) is 19.0 Å². The van der Waals surface area contributed by atoms with Crippen LogP contribution < -0.4 is 4.74 Å². The fourth-order valence-corrected chi connectivity index (χ4v) is 1.75. The monoisotopic (exact) mass is 224 g/mol. The molecule has 0 radical (unpaired) electrons. The van der Waals surface area contributed by atoms with E-state index in [0.717, 1.165) is 11.8 Å². The van der Waals surface area contributed by atoms with Gasteiger partial charge in [-0.2, -0.15) is 0 Å². The molecule has 2 aromatic rings. The van der Waals surface area contributed by atoms with Crippen LogP contribution in [0.3, 0.4) is 0 Å². The average Bonchev–Trinajstić information content (AvgIpc) is 2.57. The van der Waals surface area contributed by atoms with Crippen LogP contribution in [0.4, 0.5) is 0 Å². The zero-order chi connectivity index (χ0) is 10.8. The van der Waals surface area contributed by atoms with Crippen LogP contribution >= 0.6 is 11.6 Å². The Morgan fingerprint density at radius 1 is 1.60 bits per heavy atom. The van der Waals surface area contributed by atoms with E-state index in [4.69, 9.17) is 16.3 Å². The van der Waals surface area contributed by atoms with E-state index in [2.05, 4.69) is 4.98 Å². The van der Waals surface area contributed by atoms with Crippen molar-refractivity contribution in [3.05, 3.63) is 29.2 Å². The van der Waals surface area contributed by atoms with E-state index in [0.29, 0.717) is 16.9 Å². The molecule has 0 aromatic carbocycles. The van der Waals surface area contributed by atoms with Gasteiger partial charge in [-0.25, -0.2) is 4.98 Å². The summed E-state index contributed by atoms with van der Waals surface area (Å²) in [5.41, 5.74) is 0.743. The fraction of sp³-hybridized carbons (Fsp3) is 0.200. The number of hydrogen-bond donors (Lipinski definition) is 0. The highest BCUT2D eigenvalue weighted by molar-refractivity contribution is 6.32. The Labute approximate surface area is 91.4 Å². The Balaban J connectivity index is 2.75. The molecular formula is C10H9ClN2O2. The molecule has 0 atom stereocenters. The number of aromatic nitrogens is 2. The Hall–Kier alpha value is -1.55. The van der Waals surface area contributed by atoms with Crippen molar-refractivity contribution in [2.75, 3.05) is 7.11 Å². The van der Waals surface area contributed by atoms with Gasteiger partial charge in [-0.3, -0.25) is 4.40 Å². The number of methoxy groups -OCH3 is 1.